The minimum atomic E-state index is -3.42. The SMILES string of the molecule is O=C(Nc1ncc(F)s1)C(Oc1ccc2[nH]ccc2c1)c1ccc(S(=O)(=O)C2CCCC2)cc1. The van der Waals surface area contributed by atoms with Crippen molar-refractivity contribution < 1.29 is 22.3 Å². The van der Waals surface area contributed by atoms with Crippen molar-refractivity contribution in [3.63, 3.8) is 0 Å². The molecular weight excluding hydrogens is 477 g/mol. The lowest BCUT2D eigenvalue weighted by molar-refractivity contribution is -0.123. The number of nitrogens with one attached hydrogen (secondary N) is 2. The molecule has 34 heavy (non-hydrogen) atoms. The van der Waals surface area contributed by atoms with Gasteiger partial charge in [-0.15, -0.1) is 0 Å². The highest BCUT2D eigenvalue weighted by Gasteiger charge is 2.31. The van der Waals surface area contributed by atoms with Gasteiger partial charge in [0.1, 0.15) is 5.75 Å². The number of carbonyl (C=O) groups is 1. The molecule has 5 rings (SSSR count). The Labute approximate surface area is 199 Å². The van der Waals surface area contributed by atoms with Crippen LogP contribution in [0.3, 0.4) is 0 Å². The molecule has 2 aromatic carbocycles. The first-order valence-electron chi connectivity index (χ1n) is 10.9. The van der Waals surface area contributed by atoms with Crippen molar-refractivity contribution in [1.29, 1.82) is 0 Å². The fraction of sp³-hybridized carbons (Fsp3) is 0.250. The van der Waals surface area contributed by atoms with Gasteiger partial charge in [0, 0.05) is 22.7 Å². The Morgan fingerprint density at radius 1 is 1.15 bits per heavy atom. The Morgan fingerprint density at radius 2 is 1.91 bits per heavy atom. The average molecular weight is 500 g/mol. The van der Waals surface area contributed by atoms with Crippen molar-refractivity contribution in [1.82, 2.24) is 9.97 Å². The second kappa shape index (κ2) is 9.19. The molecule has 0 bridgehead atoms. The summed E-state index contributed by atoms with van der Waals surface area (Å²) in [7, 11) is -3.42. The van der Waals surface area contributed by atoms with E-state index in [2.05, 4.69) is 15.3 Å². The number of hydrogen-bond acceptors (Lipinski definition) is 6. The molecule has 10 heteroatoms. The number of sulfone groups is 1. The second-order valence-corrected chi connectivity index (χ2v) is 11.4. The first-order valence-corrected chi connectivity index (χ1v) is 13.3. The number of fused-ring (bicyclic) bond motifs is 1. The van der Waals surface area contributed by atoms with Gasteiger partial charge in [0.2, 0.25) is 6.10 Å². The molecule has 1 fully saturated rings. The Morgan fingerprint density at radius 3 is 2.62 bits per heavy atom. The van der Waals surface area contributed by atoms with Crippen molar-refractivity contribution in [2.24, 2.45) is 0 Å². The topological polar surface area (TPSA) is 101 Å². The molecule has 1 aliphatic carbocycles. The lowest BCUT2D eigenvalue weighted by atomic mass is 10.1. The highest BCUT2D eigenvalue weighted by atomic mass is 32.2. The number of rotatable bonds is 7. The number of benzene rings is 2. The van der Waals surface area contributed by atoms with Gasteiger partial charge in [0.05, 0.1) is 16.3 Å². The van der Waals surface area contributed by atoms with Crippen LogP contribution in [0.1, 0.15) is 37.4 Å². The Hall–Kier alpha value is -3.24. The number of ether oxygens (including phenoxy) is 1. The molecule has 176 valence electrons. The highest BCUT2D eigenvalue weighted by Crippen LogP contribution is 2.32. The van der Waals surface area contributed by atoms with Crippen LogP contribution in [0.25, 0.3) is 10.9 Å². The van der Waals surface area contributed by atoms with Crippen LogP contribution in [0.2, 0.25) is 0 Å². The van der Waals surface area contributed by atoms with Gasteiger partial charge >= 0.3 is 0 Å². The summed E-state index contributed by atoms with van der Waals surface area (Å²) >= 11 is 0.709. The predicted molar refractivity (Wildman–Crippen MR) is 128 cm³/mol. The molecule has 1 atom stereocenters. The van der Waals surface area contributed by atoms with E-state index in [1.807, 2.05) is 12.1 Å². The molecule has 0 saturated heterocycles. The van der Waals surface area contributed by atoms with Crippen LogP contribution in [-0.2, 0) is 14.6 Å². The van der Waals surface area contributed by atoms with Crippen LogP contribution < -0.4 is 10.1 Å². The summed E-state index contributed by atoms with van der Waals surface area (Å²) in [4.78, 5) is 20.3. The predicted octanol–water partition coefficient (Wildman–Crippen LogP) is 5.24. The van der Waals surface area contributed by atoms with Gasteiger partial charge in [-0.3, -0.25) is 10.1 Å². The third-order valence-corrected chi connectivity index (χ3v) is 8.96. The fourth-order valence-electron chi connectivity index (χ4n) is 4.22. The van der Waals surface area contributed by atoms with E-state index in [1.54, 1.807) is 30.5 Å². The fourth-order valence-corrected chi connectivity index (χ4v) is 6.62. The molecular formula is C24H22FN3O4S2. The summed E-state index contributed by atoms with van der Waals surface area (Å²) in [6.07, 6.45) is 4.90. The number of amides is 1. The van der Waals surface area contributed by atoms with Gasteiger partial charge in [0.25, 0.3) is 5.91 Å². The van der Waals surface area contributed by atoms with Gasteiger partial charge in [0.15, 0.2) is 20.1 Å². The minimum Gasteiger partial charge on any atom is -0.476 e. The zero-order valence-electron chi connectivity index (χ0n) is 18.0. The van der Waals surface area contributed by atoms with Crippen LogP contribution >= 0.6 is 11.3 Å². The molecule has 1 unspecified atom stereocenters. The summed E-state index contributed by atoms with van der Waals surface area (Å²) < 4.78 is 45.3. The molecule has 2 N–H and O–H groups in total. The second-order valence-electron chi connectivity index (χ2n) is 8.20. The number of aromatic nitrogens is 2. The summed E-state index contributed by atoms with van der Waals surface area (Å²) in [6.45, 7) is 0. The summed E-state index contributed by atoms with van der Waals surface area (Å²) in [6, 6.07) is 13.5. The van der Waals surface area contributed by atoms with Crippen LogP contribution in [0.15, 0.2) is 65.8 Å². The zero-order valence-corrected chi connectivity index (χ0v) is 19.7. The maximum atomic E-state index is 13.4. The molecule has 7 nitrogen and oxygen atoms in total. The molecule has 0 radical (unpaired) electrons. The van der Waals surface area contributed by atoms with Crippen LogP contribution in [-0.4, -0.2) is 29.5 Å². The van der Waals surface area contributed by atoms with Crippen LogP contribution in [0.4, 0.5) is 9.52 Å². The van der Waals surface area contributed by atoms with Gasteiger partial charge in [-0.05, 0) is 49.2 Å². The Balaban J connectivity index is 1.44. The normalized spacial score (nSPS) is 15.4. The quantitative estimate of drug-likeness (QED) is 0.362. The number of thiazole rings is 1. The van der Waals surface area contributed by atoms with Gasteiger partial charge in [-0.2, -0.15) is 4.39 Å². The van der Waals surface area contributed by atoms with Crippen molar-refractivity contribution in [2.75, 3.05) is 5.32 Å². The molecule has 2 aromatic heterocycles. The molecule has 1 amide bonds. The molecule has 2 heterocycles. The molecule has 0 aliphatic heterocycles. The maximum Gasteiger partial charge on any atom is 0.271 e. The highest BCUT2D eigenvalue weighted by molar-refractivity contribution is 7.92. The maximum absolute atomic E-state index is 13.4. The number of halogens is 1. The van der Waals surface area contributed by atoms with E-state index < -0.39 is 27.0 Å². The third-order valence-electron chi connectivity index (χ3n) is 5.98. The van der Waals surface area contributed by atoms with E-state index in [1.165, 1.54) is 12.1 Å². The molecule has 4 aromatic rings. The van der Waals surface area contributed by atoms with Gasteiger partial charge in [-0.1, -0.05) is 36.3 Å². The Bertz CT molecular complexity index is 1420. The average Bonchev–Trinajstić information content (AvgIpc) is 3.59. The number of aromatic amines is 1. The first-order chi connectivity index (χ1) is 16.4. The van der Waals surface area contributed by atoms with Gasteiger partial charge < -0.3 is 9.72 Å². The van der Waals surface area contributed by atoms with Crippen LogP contribution in [0, 0.1) is 5.13 Å². The van der Waals surface area contributed by atoms with E-state index in [0.29, 0.717) is 35.5 Å². The number of nitrogens with zero attached hydrogens (tertiary/aromatic N) is 1. The Kier molecular flexibility index (Phi) is 6.09. The lowest BCUT2D eigenvalue weighted by Crippen LogP contribution is -2.26. The molecule has 0 spiro atoms. The largest absolute Gasteiger partial charge is 0.476 e. The minimum absolute atomic E-state index is 0.109. The van der Waals surface area contributed by atoms with E-state index in [-0.39, 0.29) is 15.3 Å². The van der Waals surface area contributed by atoms with Gasteiger partial charge in [-0.25, -0.2) is 13.4 Å². The van der Waals surface area contributed by atoms with E-state index >= 15 is 0 Å². The first kappa shape index (κ1) is 22.5. The van der Waals surface area contributed by atoms with E-state index in [9.17, 15) is 17.6 Å². The molecule has 1 aliphatic rings. The summed E-state index contributed by atoms with van der Waals surface area (Å²) in [5.74, 6) is -0.0878. The van der Waals surface area contributed by atoms with Crippen LogP contribution in [0.5, 0.6) is 5.75 Å². The smallest absolute Gasteiger partial charge is 0.271 e. The third kappa shape index (κ3) is 4.55. The zero-order chi connectivity index (χ0) is 23.7. The number of anilines is 1. The standard InChI is InChI=1S/C24H22FN3O4S2/c25-21-14-27-24(33-21)28-23(29)22(32-17-7-10-20-16(13-17)11-12-26-20)15-5-8-19(9-6-15)34(30,31)18-3-1-2-4-18/h5-14,18,22,26H,1-4H2,(H,27,28,29). The number of H-pyrrole nitrogens is 1. The van der Waals surface area contributed by atoms with E-state index in [0.717, 1.165) is 29.9 Å². The van der Waals surface area contributed by atoms with E-state index in [4.69, 9.17) is 4.74 Å². The summed E-state index contributed by atoms with van der Waals surface area (Å²) in [5, 5.41) is 2.72. The van der Waals surface area contributed by atoms with Crippen molar-refractivity contribution in [3.05, 3.63) is 71.6 Å². The number of hydrogen-bond donors (Lipinski definition) is 2. The summed E-state index contributed by atoms with van der Waals surface area (Å²) in [5.41, 5.74) is 1.39. The van der Waals surface area contributed by atoms with Crippen molar-refractivity contribution in [2.45, 2.75) is 41.9 Å². The number of carbonyl (C=O) groups excluding carboxylic acids is 1. The van der Waals surface area contributed by atoms with Crippen molar-refractivity contribution >= 4 is 43.1 Å². The monoisotopic (exact) mass is 499 g/mol. The van der Waals surface area contributed by atoms with Crippen molar-refractivity contribution in [3.8, 4) is 5.75 Å². The lowest BCUT2D eigenvalue weighted by Gasteiger charge is -2.19. The molecule has 1 saturated carbocycles.